The molecule has 1 aromatic carbocycles. The van der Waals surface area contributed by atoms with Crippen molar-refractivity contribution >= 4 is 17.3 Å². The predicted octanol–water partition coefficient (Wildman–Crippen LogP) is 3.78. The Bertz CT molecular complexity index is 379. The van der Waals surface area contributed by atoms with Crippen molar-refractivity contribution in [3.63, 3.8) is 0 Å². The highest BCUT2D eigenvalue weighted by Crippen LogP contribution is 2.14. The Balaban J connectivity index is 3.04. The Morgan fingerprint density at radius 1 is 1.40 bits per heavy atom. The molecule has 0 N–H and O–H groups in total. The molecule has 0 atom stereocenters. The molecule has 80 valence electrons. The predicted molar refractivity (Wildman–Crippen MR) is 63.1 cm³/mol. The highest BCUT2D eigenvalue weighted by molar-refractivity contribution is 6.46. The van der Waals surface area contributed by atoms with Crippen LogP contribution in [0.5, 0.6) is 0 Å². The molecule has 0 aliphatic carbocycles. The van der Waals surface area contributed by atoms with Gasteiger partial charge in [0.1, 0.15) is 5.82 Å². The summed E-state index contributed by atoms with van der Waals surface area (Å²) < 4.78 is 12.7. The third-order valence-electron chi connectivity index (χ3n) is 1.95. The van der Waals surface area contributed by atoms with Crippen LogP contribution in [-0.4, -0.2) is 12.8 Å². The SMILES string of the molecule is CC/C=C(/Cl)C(=NC)c1ccc(F)cc1. The average molecular weight is 226 g/mol. The van der Waals surface area contributed by atoms with E-state index < -0.39 is 0 Å². The molecule has 0 radical (unpaired) electrons. The summed E-state index contributed by atoms with van der Waals surface area (Å²) in [5.74, 6) is -0.259. The van der Waals surface area contributed by atoms with Crippen LogP contribution in [-0.2, 0) is 0 Å². The van der Waals surface area contributed by atoms with Crippen LogP contribution in [0.2, 0.25) is 0 Å². The van der Waals surface area contributed by atoms with Gasteiger partial charge in [-0.3, -0.25) is 4.99 Å². The molecule has 0 amide bonds. The Kier molecular flexibility index (Phi) is 4.50. The van der Waals surface area contributed by atoms with Crippen molar-refractivity contribution in [3.05, 3.63) is 46.8 Å². The minimum absolute atomic E-state index is 0.259. The minimum Gasteiger partial charge on any atom is -0.287 e. The van der Waals surface area contributed by atoms with Gasteiger partial charge in [0.15, 0.2) is 0 Å². The maximum Gasteiger partial charge on any atom is 0.123 e. The van der Waals surface area contributed by atoms with Gasteiger partial charge in [-0.2, -0.15) is 0 Å². The van der Waals surface area contributed by atoms with Crippen molar-refractivity contribution in [2.75, 3.05) is 7.05 Å². The number of nitrogens with zero attached hydrogens (tertiary/aromatic N) is 1. The number of allylic oxidation sites excluding steroid dienone is 2. The molecule has 0 aliphatic heterocycles. The first kappa shape index (κ1) is 11.9. The van der Waals surface area contributed by atoms with Crippen molar-refractivity contribution in [3.8, 4) is 0 Å². The van der Waals surface area contributed by atoms with E-state index in [4.69, 9.17) is 11.6 Å². The van der Waals surface area contributed by atoms with E-state index >= 15 is 0 Å². The zero-order valence-corrected chi connectivity index (χ0v) is 9.55. The van der Waals surface area contributed by atoms with Gasteiger partial charge >= 0.3 is 0 Å². The molecular formula is C12H13ClFN. The summed E-state index contributed by atoms with van der Waals surface area (Å²) in [7, 11) is 1.67. The largest absolute Gasteiger partial charge is 0.287 e. The van der Waals surface area contributed by atoms with Crippen LogP contribution in [0.4, 0.5) is 4.39 Å². The Labute approximate surface area is 94.3 Å². The molecule has 0 bridgehead atoms. The fourth-order valence-electron chi connectivity index (χ4n) is 1.26. The van der Waals surface area contributed by atoms with E-state index in [9.17, 15) is 4.39 Å². The summed E-state index contributed by atoms with van der Waals surface area (Å²) in [5, 5.41) is 0.603. The fraction of sp³-hybridized carbons (Fsp3) is 0.250. The molecule has 0 spiro atoms. The molecule has 1 aromatic rings. The normalized spacial score (nSPS) is 13.1. The van der Waals surface area contributed by atoms with E-state index in [0.717, 1.165) is 12.0 Å². The number of benzene rings is 1. The quantitative estimate of drug-likeness (QED) is 0.695. The summed E-state index contributed by atoms with van der Waals surface area (Å²) in [6, 6.07) is 6.14. The van der Waals surface area contributed by atoms with Crippen LogP contribution in [0.1, 0.15) is 18.9 Å². The molecule has 0 saturated heterocycles. The zero-order chi connectivity index (χ0) is 11.3. The van der Waals surface area contributed by atoms with Crippen LogP contribution in [0.15, 0.2) is 40.4 Å². The summed E-state index contributed by atoms with van der Waals surface area (Å²) in [5.41, 5.74) is 1.52. The summed E-state index contributed by atoms with van der Waals surface area (Å²) in [6.07, 6.45) is 2.73. The Morgan fingerprint density at radius 2 is 2.00 bits per heavy atom. The van der Waals surface area contributed by atoms with Crippen LogP contribution >= 0.6 is 11.6 Å². The lowest BCUT2D eigenvalue weighted by Crippen LogP contribution is -2.01. The van der Waals surface area contributed by atoms with Crippen molar-refractivity contribution in [1.29, 1.82) is 0 Å². The highest BCUT2D eigenvalue weighted by atomic mass is 35.5. The van der Waals surface area contributed by atoms with E-state index in [2.05, 4.69) is 4.99 Å². The summed E-state index contributed by atoms with van der Waals surface area (Å²) >= 11 is 6.06. The summed E-state index contributed by atoms with van der Waals surface area (Å²) in [6.45, 7) is 2.00. The van der Waals surface area contributed by atoms with Gasteiger partial charge < -0.3 is 0 Å². The first-order chi connectivity index (χ1) is 7.19. The molecule has 1 rings (SSSR count). The second-order valence-electron chi connectivity index (χ2n) is 3.04. The highest BCUT2D eigenvalue weighted by Gasteiger charge is 2.06. The number of hydrogen-bond donors (Lipinski definition) is 0. The molecule has 0 unspecified atom stereocenters. The molecule has 1 nitrogen and oxygen atoms in total. The topological polar surface area (TPSA) is 12.4 Å². The second kappa shape index (κ2) is 5.66. The van der Waals surface area contributed by atoms with Gasteiger partial charge in [-0.1, -0.05) is 24.6 Å². The lowest BCUT2D eigenvalue weighted by atomic mass is 10.1. The van der Waals surface area contributed by atoms with Crippen LogP contribution in [0.3, 0.4) is 0 Å². The van der Waals surface area contributed by atoms with Gasteiger partial charge in [-0.15, -0.1) is 0 Å². The van der Waals surface area contributed by atoms with Crippen molar-refractivity contribution in [1.82, 2.24) is 0 Å². The summed E-state index contributed by atoms with van der Waals surface area (Å²) in [4.78, 5) is 4.10. The van der Waals surface area contributed by atoms with Gasteiger partial charge in [-0.05, 0) is 30.7 Å². The molecular weight excluding hydrogens is 213 g/mol. The molecule has 0 aromatic heterocycles. The van der Waals surface area contributed by atoms with E-state index in [1.54, 1.807) is 19.2 Å². The van der Waals surface area contributed by atoms with Crippen molar-refractivity contribution in [2.24, 2.45) is 4.99 Å². The van der Waals surface area contributed by atoms with E-state index in [-0.39, 0.29) is 5.82 Å². The second-order valence-corrected chi connectivity index (χ2v) is 3.45. The number of halogens is 2. The average Bonchev–Trinajstić information content (AvgIpc) is 2.22. The third-order valence-corrected chi connectivity index (χ3v) is 2.28. The molecule has 0 fully saturated rings. The molecule has 0 aliphatic rings. The molecule has 0 heterocycles. The van der Waals surface area contributed by atoms with Crippen LogP contribution in [0, 0.1) is 5.82 Å². The number of rotatable bonds is 3. The lowest BCUT2D eigenvalue weighted by molar-refractivity contribution is 0.628. The van der Waals surface area contributed by atoms with Gasteiger partial charge in [-0.25, -0.2) is 4.39 Å². The Hall–Kier alpha value is -1.15. The monoisotopic (exact) mass is 225 g/mol. The molecule has 3 heteroatoms. The van der Waals surface area contributed by atoms with Crippen molar-refractivity contribution in [2.45, 2.75) is 13.3 Å². The Morgan fingerprint density at radius 3 is 2.47 bits per heavy atom. The standard InChI is InChI=1S/C12H13ClFN/c1-3-4-11(13)12(15-2)9-5-7-10(14)8-6-9/h4-8H,3H2,1-2H3/b11-4+,15-12?. The smallest absolute Gasteiger partial charge is 0.123 e. The van der Waals surface area contributed by atoms with Crippen LogP contribution in [0.25, 0.3) is 0 Å². The number of hydrogen-bond acceptors (Lipinski definition) is 1. The lowest BCUT2D eigenvalue weighted by Gasteiger charge is -2.04. The maximum atomic E-state index is 12.7. The number of aliphatic imine (C=N–C) groups is 1. The first-order valence-corrected chi connectivity index (χ1v) is 5.15. The van der Waals surface area contributed by atoms with Gasteiger partial charge in [0, 0.05) is 12.6 Å². The van der Waals surface area contributed by atoms with Gasteiger partial charge in [0.05, 0.1) is 10.7 Å². The third kappa shape index (κ3) is 3.17. The maximum absolute atomic E-state index is 12.7. The van der Waals surface area contributed by atoms with Crippen molar-refractivity contribution < 1.29 is 4.39 Å². The fourth-order valence-corrected chi connectivity index (χ4v) is 1.61. The van der Waals surface area contributed by atoms with Gasteiger partial charge in [0.2, 0.25) is 0 Å². The van der Waals surface area contributed by atoms with E-state index in [1.165, 1.54) is 12.1 Å². The molecule has 0 saturated carbocycles. The van der Waals surface area contributed by atoms with E-state index in [0.29, 0.717) is 10.7 Å². The van der Waals surface area contributed by atoms with Crippen LogP contribution < -0.4 is 0 Å². The minimum atomic E-state index is -0.259. The first-order valence-electron chi connectivity index (χ1n) is 4.77. The van der Waals surface area contributed by atoms with Gasteiger partial charge in [0.25, 0.3) is 0 Å². The van der Waals surface area contributed by atoms with E-state index in [1.807, 2.05) is 13.0 Å². The zero-order valence-electron chi connectivity index (χ0n) is 8.80. The molecule has 15 heavy (non-hydrogen) atoms.